The third-order valence-electron chi connectivity index (χ3n) is 4.12. The van der Waals surface area contributed by atoms with Crippen LogP contribution in [0.25, 0.3) is 0 Å². The van der Waals surface area contributed by atoms with Gasteiger partial charge < -0.3 is 10.6 Å². The number of nitrogens with zero attached hydrogens (tertiary/aromatic N) is 1. The van der Waals surface area contributed by atoms with Gasteiger partial charge in [0.15, 0.2) is 5.96 Å². The maximum atomic E-state index is 4.80. The van der Waals surface area contributed by atoms with E-state index in [0.717, 1.165) is 31.9 Å². The van der Waals surface area contributed by atoms with Crippen LogP contribution in [0.1, 0.15) is 52.4 Å². The maximum absolute atomic E-state index is 4.80. The van der Waals surface area contributed by atoms with Gasteiger partial charge in [0.2, 0.25) is 0 Å². The molecule has 1 fully saturated rings. The lowest BCUT2D eigenvalue weighted by Gasteiger charge is -2.23. The van der Waals surface area contributed by atoms with E-state index in [1.54, 1.807) is 0 Å². The van der Waals surface area contributed by atoms with Gasteiger partial charge in [-0.25, -0.2) is 0 Å². The number of nitrogens with one attached hydrogen (secondary N) is 2. The molecule has 0 radical (unpaired) electrons. The number of aliphatic imine (C=N–C) groups is 1. The van der Waals surface area contributed by atoms with E-state index in [4.69, 9.17) is 4.99 Å². The Hall–Kier alpha value is -0.260. The summed E-state index contributed by atoms with van der Waals surface area (Å²) >= 11 is 0. The molecule has 0 unspecified atom stereocenters. The zero-order chi connectivity index (χ0) is 12.8. The minimum atomic E-state index is 0. The molecule has 0 amide bonds. The predicted octanol–water partition coefficient (Wildman–Crippen LogP) is 3.46. The van der Waals surface area contributed by atoms with E-state index >= 15 is 0 Å². The Morgan fingerprint density at radius 3 is 2.47 bits per heavy atom. The Balaban J connectivity index is 0.00000180. The molecule has 1 saturated carbocycles. The summed E-state index contributed by atoms with van der Waals surface area (Å²) in [6.45, 7) is 6.40. The van der Waals surface area contributed by atoms with Crippen LogP contribution in [0.3, 0.4) is 0 Å². The SMILES string of the molecule is CCNC(=NCC1(C)CCCC1)NC1CC=CC1.I. The molecule has 0 aromatic heterocycles. The molecule has 110 valence electrons. The van der Waals surface area contributed by atoms with Gasteiger partial charge >= 0.3 is 0 Å². The van der Waals surface area contributed by atoms with Gasteiger partial charge in [-0.05, 0) is 38.0 Å². The Labute approximate surface area is 134 Å². The molecule has 2 rings (SSSR count). The molecule has 2 aliphatic carbocycles. The Kier molecular flexibility index (Phi) is 7.18. The van der Waals surface area contributed by atoms with Gasteiger partial charge in [0.25, 0.3) is 0 Å². The molecule has 0 spiro atoms. The molecular formula is C15H28IN3. The first-order valence-electron chi connectivity index (χ1n) is 7.42. The normalized spacial score (nSPS) is 22.3. The van der Waals surface area contributed by atoms with Crippen LogP contribution in [-0.2, 0) is 0 Å². The molecule has 19 heavy (non-hydrogen) atoms. The summed E-state index contributed by atoms with van der Waals surface area (Å²) in [7, 11) is 0. The fourth-order valence-corrected chi connectivity index (χ4v) is 2.91. The number of rotatable bonds is 4. The highest BCUT2D eigenvalue weighted by Crippen LogP contribution is 2.37. The van der Waals surface area contributed by atoms with Gasteiger partial charge in [-0.2, -0.15) is 0 Å². The van der Waals surface area contributed by atoms with Gasteiger partial charge in [0.1, 0.15) is 0 Å². The monoisotopic (exact) mass is 377 g/mol. The largest absolute Gasteiger partial charge is 0.357 e. The summed E-state index contributed by atoms with van der Waals surface area (Å²) in [5, 5.41) is 6.90. The molecule has 0 atom stereocenters. The van der Waals surface area contributed by atoms with Crippen LogP contribution in [0.15, 0.2) is 17.1 Å². The van der Waals surface area contributed by atoms with Crippen LogP contribution in [-0.4, -0.2) is 25.1 Å². The smallest absolute Gasteiger partial charge is 0.191 e. The molecular weight excluding hydrogens is 349 g/mol. The van der Waals surface area contributed by atoms with Crippen molar-refractivity contribution in [1.29, 1.82) is 0 Å². The lowest BCUT2D eigenvalue weighted by atomic mass is 9.89. The third kappa shape index (κ3) is 5.32. The first kappa shape index (κ1) is 16.8. The average Bonchev–Trinajstić information content (AvgIpc) is 2.99. The van der Waals surface area contributed by atoms with Crippen molar-refractivity contribution in [3.05, 3.63) is 12.2 Å². The Morgan fingerprint density at radius 1 is 1.26 bits per heavy atom. The zero-order valence-electron chi connectivity index (χ0n) is 12.2. The lowest BCUT2D eigenvalue weighted by molar-refractivity contribution is 0.350. The summed E-state index contributed by atoms with van der Waals surface area (Å²) in [4.78, 5) is 4.80. The predicted molar refractivity (Wildman–Crippen MR) is 93.3 cm³/mol. The van der Waals surface area contributed by atoms with Crippen LogP contribution in [0.4, 0.5) is 0 Å². The van der Waals surface area contributed by atoms with Crippen molar-refractivity contribution in [3.63, 3.8) is 0 Å². The maximum Gasteiger partial charge on any atom is 0.191 e. The van der Waals surface area contributed by atoms with Gasteiger partial charge in [0.05, 0.1) is 0 Å². The fourth-order valence-electron chi connectivity index (χ4n) is 2.91. The van der Waals surface area contributed by atoms with Gasteiger partial charge in [0, 0.05) is 19.1 Å². The van der Waals surface area contributed by atoms with Crippen LogP contribution in [0.5, 0.6) is 0 Å². The number of hydrogen-bond acceptors (Lipinski definition) is 1. The summed E-state index contributed by atoms with van der Waals surface area (Å²) in [5.74, 6) is 0.999. The molecule has 0 heterocycles. The molecule has 0 aliphatic heterocycles. The Morgan fingerprint density at radius 2 is 1.89 bits per heavy atom. The fraction of sp³-hybridized carbons (Fsp3) is 0.800. The quantitative estimate of drug-likeness (QED) is 0.341. The number of guanidine groups is 1. The third-order valence-corrected chi connectivity index (χ3v) is 4.12. The highest BCUT2D eigenvalue weighted by atomic mass is 127. The van der Waals surface area contributed by atoms with Crippen molar-refractivity contribution in [1.82, 2.24) is 10.6 Å². The number of hydrogen-bond donors (Lipinski definition) is 2. The molecule has 2 N–H and O–H groups in total. The van der Waals surface area contributed by atoms with E-state index in [-0.39, 0.29) is 24.0 Å². The minimum Gasteiger partial charge on any atom is -0.357 e. The summed E-state index contributed by atoms with van der Waals surface area (Å²) < 4.78 is 0. The van der Waals surface area contributed by atoms with E-state index in [1.807, 2.05) is 0 Å². The second-order valence-corrected chi connectivity index (χ2v) is 6.00. The van der Waals surface area contributed by atoms with Crippen molar-refractivity contribution in [3.8, 4) is 0 Å². The van der Waals surface area contributed by atoms with E-state index in [2.05, 4.69) is 36.6 Å². The van der Waals surface area contributed by atoms with Crippen LogP contribution in [0.2, 0.25) is 0 Å². The first-order chi connectivity index (χ1) is 8.72. The van der Waals surface area contributed by atoms with Crippen LogP contribution in [0, 0.1) is 5.41 Å². The van der Waals surface area contributed by atoms with Crippen LogP contribution >= 0.6 is 24.0 Å². The highest BCUT2D eigenvalue weighted by Gasteiger charge is 2.28. The Bertz CT molecular complexity index is 311. The first-order valence-corrected chi connectivity index (χ1v) is 7.42. The standard InChI is InChI=1S/C15H27N3.HI/c1-3-16-14(18-13-8-4-5-9-13)17-12-15(2)10-6-7-11-15;/h4-5,13H,3,6-12H2,1-2H3,(H2,16,17,18);1H. The van der Waals surface area contributed by atoms with Crippen molar-refractivity contribution in [2.75, 3.05) is 13.1 Å². The molecule has 2 aliphatic rings. The summed E-state index contributed by atoms with van der Waals surface area (Å²) in [6.07, 6.45) is 12.2. The topological polar surface area (TPSA) is 36.4 Å². The molecule has 0 aromatic rings. The molecule has 0 aromatic carbocycles. The van der Waals surface area contributed by atoms with E-state index in [0.29, 0.717) is 11.5 Å². The van der Waals surface area contributed by atoms with Crippen molar-refractivity contribution in [2.45, 2.75) is 58.4 Å². The van der Waals surface area contributed by atoms with Gasteiger partial charge in [-0.1, -0.05) is 31.9 Å². The zero-order valence-corrected chi connectivity index (χ0v) is 14.6. The highest BCUT2D eigenvalue weighted by molar-refractivity contribution is 14.0. The molecule has 0 saturated heterocycles. The van der Waals surface area contributed by atoms with Crippen molar-refractivity contribution in [2.24, 2.45) is 10.4 Å². The van der Waals surface area contributed by atoms with Gasteiger partial charge in [-0.15, -0.1) is 24.0 Å². The van der Waals surface area contributed by atoms with Crippen LogP contribution < -0.4 is 10.6 Å². The van der Waals surface area contributed by atoms with E-state index < -0.39 is 0 Å². The molecule has 3 nitrogen and oxygen atoms in total. The minimum absolute atomic E-state index is 0. The van der Waals surface area contributed by atoms with Crippen molar-refractivity contribution >= 4 is 29.9 Å². The van der Waals surface area contributed by atoms with Crippen molar-refractivity contribution < 1.29 is 0 Å². The lowest BCUT2D eigenvalue weighted by Crippen LogP contribution is -2.43. The second kappa shape index (κ2) is 8.12. The summed E-state index contributed by atoms with van der Waals surface area (Å²) in [6, 6.07) is 0.541. The van der Waals surface area contributed by atoms with Gasteiger partial charge in [-0.3, -0.25) is 4.99 Å². The van der Waals surface area contributed by atoms with E-state index in [9.17, 15) is 0 Å². The molecule has 4 heteroatoms. The van der Waals surface area contributed by atoms with E-state index in [1.165, 1.54) is 25.7 Å². The average molecular weight is 377 g/mol. The second-order valence-electron chi connectivity index (χ2n) is 6.00. The number of halogens is 1. The molecule has 0 bridgehead atoms. The summed E-state index contributed by atoms with van der Waals surface area (Å²) in [5.41, 5.74) is 0.441.